The molecule has 2 unspecified atom stereocenters. The number of nitrogen functional groups attached to an aromatic ring is 1. The van der Waals surface area contributed by atoms with Crippen molar-refractivity contribution in [2.45, 2.75) is 45.6 Å². The van der Waals surface area contributed by atoms with Gasteiger partial charge in [0.15, 0.2) is 0 Å². The number of aromatic nitrogens is 1. The van der Waals surface area contributed by atoms with Gasteiger partial charge in [-0.05, 0) is 31.7 Å². The second-order valence-electron chi connectivity index (χ2n) is 5.36. The molecule has 1 saturated carbocycles. The number of pyridine rings is 1. The Labute approximate surface area is 108 Å². The van der Waals surface area contributed by atoms with Crippen LogP contribution in [0, 0.1) is 12.8 Å². The number of rotatable bonds is 2. The minimum Gasteiger partial charge on any atom is -0.398 e. The Morgan fingerprint density at radius 2 is 2.28 bits per heavy atom. The van der Waals surface area contributed by atoms with E-state index in [1.807, 2.05) is 6.92 Å². The van der Waals surface area contributed by atoms with Crippen LogP contribution in [-0.2, 0) is 0 Å². The summed E-state index contributed by atoms with van der Waals surface area (Å²) >= 11 is 0. The minimum absolute atomic E-state index is 0.0981. The zero-order valence-corrected chi connectivity index (χ0v) is 11.1. The molecule has 98 valence electrons. The van der Waals surface area contributed by atoms with Gasteiger partial charge in [0, 0.05) is 23.6 Å². The minimum atomic E-state index is -0.0981. The van der Waals surface area contributed by atoms with E-state index in [1.54, 1.807) is 12.3 Å². The molecule has 0 aliphatic heterocycles. The predicted octanol–water partition coefficient (Wildman–Crippen LogP) is 2.28. The third-order valence-corrected chi connectivity index (χ3v) is 3.59. The van der Waals surface area contributed by atoms with E-state index >= 15 is 0 Å². The third-order valence-electron chi connectivity index (χ3n) is 3.59. The molecular weight excluding hydrogens is 226 g/mol. The fraction of sp³-hybridized carbons (Fsp3) is 0.571. The lowest BCUT2D eigenvalue weighted by Crippen LogP contribution is -2.38. The molecule has 4 nitrogen and oxygen atoms in total. The Balaban J connectivity index is 2.03. The van der Waals surface area contributed by atoms with Crippen LogP contribution in [0.25, 0.3) is 0 Å². The van der Waals surface area contributed by atoms with Gasteiger partial charge >= 0.3 is 0 Å². The summed E-state index contributed by atoms with van der Waals surface area (Å²) in [6.45, 7) is 4.10. The predicted molar refractivity (Wildman–Crippen MR) is 72.3 cm³/mol. The second kappa shape index (κ2) is 5.38. The summed E-state index contributed by atoms with van der Waals surface area (Å²) < 4.78 is 0. The molecule has 1 aliphatic carbocycles. The number of amides is 1. The smallest absolute Gasteiger partial charge is 0.255 e. The normalized spacial score (nSPS) is 23.7. The van der Waals surface area contributed by atoms with E-state index in [2.05, 4.69) is 17.2 Å². The summed E-state index contributed by atoms with van der Waals surface area (Å²) in [5.74, 6) is 0.594. The fourth-order valence-corrected chi connectivity index (χ4v) is 2.60. The summed E-state index contributed by atoms with van der Waals surface area (Å²) in [5.41, 5.74) is 7.67. The van der Waals surface area contributed by atoms with E-state index in [4.69, 9.17) is 5.73 Å². The topological polar surface area (TPSA) is 68.0 Å². The summed E-state index contributed by atoms with van der Waals surface area (Å²) in [6.07, 6.45) is 6.14. The van der Waals surface area contributed by atoms with Gasteiger partial charge in [-0.15, -0.1) is 0 Å². The summed E-state index contributed by atoms with van der Waals surface area (Å²) in [4.78, 5) is 16.2. The fourth-order valence-electron chi connectivity index (χ4n) is 2.60. The van der Waals surface area contributed by atoms with Crippen LogP contribution in [0.2, 0.25) is 0 Å². The maximum absolute atomic E-state index is 12.1. The lowest BCUT2D eigenvalue weighted by molar-refractivity contribution is 0.0922. The molecule has 0 saturated heterocycles. The Hall–Kier alpha value is -1.58. The van der Waals surface area contributed by atoms with Crippen LogP contribution < -0.4 is 11.1 Å². The molecule has 0 aromatic carbocycles. The van der Waals surface area contributed by atoms with Gasteiger partial charge in [-0.25, -0.2) is 0 Å². The number of nitrogens with two attached hydrogens (primary N) is 1. The first kappa shape index (κ1) is 12.9. The van der Waals surface area contributed by atoms with Gasteiger partial charge in [-0.2, -0.15) is 0 Å². The van der Waals surface area contributed by atoms with Crippen molar-refractivity contribution in [2.24, 2.45) is 5.92 Å². The molecule has 2 rings (SSSR count). The molecule has 4 heteroatoms. The molecule has 3 N–H and O–H groups in total. The molecule has 18 heavy (non-hydrogen) atoms. The Morgan fingerprint density at radius 1 is 1.50 bits per heavy atom. The Bertz CT molecular complexity index is 445. The van der Waals surface area contributed by atoms with E-state index in [-0.39, 0.29) is 11.9 Å². The van der Waals surface area contributed by atoms with Crippen LogP contribution in [0.3, 0.4) is 0 Å². The second-order valence-corrected chi connectivity index (χ2v) is 5.36. The van der Waals surface area contributed by atoms with E-state index < -0.39 is 0 Å². The average molecular weight is 247 g/mol. The zero-order valence-electron chi connectivity index (χ0n) is 11.1. The molecule has 1 aliphatic rings. The number of nitrogens with one attached hydrogen (secondary N) is 1. The van der Waals surface area contributed by atoms with Gasteiger partial charge in [0.1, 0.15) is 0 Å². The van der Waals surface area contributed by atoms with Crippen molar-refractivity contribution >= 4 is 11.6 Å². The molecule has 1 heterocycles. The van der Waals surface area contributed by atoms with Gasteiger partial charge in [0.25, 0.3) is 5.91 Å². The van der Waals surface area contributed by atoms with Gasteiger partial charge in [0.2, 0.25) is 0 Å². The zero-order chi connectivity index (χ0) is 13.1. The first-order chi connectivity index (χ1) is 8.56. The van der Waals surface area contributed by atoms with E-state index in [9.17, 15) is 4.79 Å². The van der Waals surface area contributed by atoms with E-state index in [0.717, 1.165) is 18.5 Å². The largest absolute Gasteiger partial charge is 0.398 e. The highest BCUT2D eigenvalue weighted by Crippen LogP contribution is 2.24. The quantitative estimate of drug-likeness (QED) is 0.842. The monoisotopic (exact) mass is 247 g/mol. The maximum atomic E-state index is 12.1. The van der Waals surface area contributed by atoms with E-state index in [1.165, 1.54) is 12.8 Å². The van der Waals surface area contributed by atoms with Crippen LogP contribution in [0.4, 0.5) is 5.69 Å². The molecule has 0 bridgehead atoms. The molecule has 2 atom stereocenters. The van der Waals surface area contributed by atoms with Crippen molar-refractivity contribution in [1.82, 2.24) is 10.3 Å². The third kappa shape index (κ3) is 3.00. The lowest BCUT2D eigenvalue weighted by atomic mass is 9.87. The van der Waals surface area contributed by atoms with Crippen molar-refractivity contribution < 1.29 is 4.79 Å². The van der Waals surface area contributed by atoms with Crippen LogP contribution >= 0.6 is 0 Å². The average Bonchev–Trinajstić information content (AvgIpc) is 2.28. The highest BCUT2D eigenvalue weighted by molar-refractivity contribution is 5.98. The Morgan fingerprint density at radius 3 is 2.94 bits per heavy atom. The Kier molecular flexibility index (Phi) is 3.84. The number of anilines is 1. The van der Waals surface area contributed by atoms with Crippen LogP contribution in [0.5, 0.6) is 0 Å². The number of hydrogen-bond donors (Lipinski definition) is 2. The van der Waals surface area contributed by atoms with Gasteiger partial charge < -0.3 is 11.1 Å². The maximum Gasteiger partial charge on any atom is 0.255 e. The van der Waals surface area contributed by atoms with Crippen LogP contribution in [0.1, 0.15) is 48.7 Å². The number of carbonyl (C=O) groups is 1. The van der Waals surface area contributed by atoms with Crippen molar-refractivity contribution in [3.63, 3.8) is 0 Å². The molecule has 1 aromatic heterocycles. The highest BCUT2D eigenvalue weighted by Gasteiger charge is 2.21. The van der Waals surface area contributed by atoms with Crippen LogP contribution in [0.15, 0.2) is 12.3 Å². The van der Waals surface area contributed by atoms with Gasteiger partial charge in [-0.3, -0.25) is 9.78 Å². The SMILES string of the molecule is Cc1cc(N)c(C(=O)NC2CCCC(C)C2)cn1. The first-order valence-electron chi connectivity index (χ1n) is 6.59. The lowest BCUT2D eigenvalue weighted by Gasteiger charge is -2.27. The number of carbonyl (C=O) groups excluding carboxylic acids is 1. The molecular formula is C14H21N3O. The molecule has 1 aromatic rings. The highest BCUT2D eigenvalue weighted by atomic mass is 16.1. The van der Waals surface area contributed by atoms with Crippen LogP contribution in [-0.4, -0.2) is 16.9 Å². The molecule has 0 radical (unpaired) electrons. The van der Waals surface area contributed by atoms with Crippen molar-refractivity contribution in [3.05, 3.63) is 23.5 Å². The van der Waals surface area contributed by atoms with E-state index in [0.29, 0.717) is 17.2 Å². The first-order valence-corrected chi connectivity index (χ1v) is 6.59. The summed E-state index contributed by atoms with van der Waals surface area (Å²) in [5, 5.41) is 3.07. The molecule has 0 spiro atoms. The van der Waals surface area contributed by atoms with Crippen molar-refractivity contribution in [3.8, 4) is 0 Å². The number of nitrogens with zero attached hydrogens (tertiary/aromatic N) is 1. The number of hydrogen-bond acceptors (Lipinski definition) is 3. The summed E-state index contributed by atoms with van der Waals surface area (Å²) in [6, 6.07) is 2.01. The molecule has 1 fully saturated rings. The standard InChI is InChI=1S/C14H21N3O/c1-9-4-3-5-11(6-9)17-14(18)12-8-16-10(2)7-13(12)15/h7-9,11H,3-6H2,1-2H3,(H2,15,16)(H,17,18). The molecule has 1 amide bonds. The van der Waals surface area contributed by atoms with Gasteiger partial charge in [0.05, 0.1) is 5.56 Å². The van der Waals surface area contributed by atoms with Crippen molar-refractivity contribution in [2.75, 3.05) is 5.73 Å². The van der Waals surface area contributed by atoms with Crippen molar-refractivity contribution in [1.29, 1.82) is 0 Å². The number of aryl methyl sites for hydroxylation is 1. The van der Waals surface area contributed by atoms with Gasteiger partial charge in [-0.1, -0.05) is 19.8 Å². The summed E-state index contributed by atoms with van der Waals surface area (Å²) in [7, 11) is 0.